The number of hydrogen-bond acceptors (Lipinski definition) is 4. The quantitative estimate of drug-likeness (QED) is 0.750. The van der Waals surface area contributed by atoms with E-state index in [9.17, 15) is 9.59 Å². The van der Waals surface area contributed by atoms with Gasteiger partial charge in [-0.15, -0.1) is 0 Å². The van der Waals surface area contributed by atoms with E-state index in [2.05, 4.69) is 15.5 Å². The zero-order valence-corrected chi connectivity index (χ0v) is 16.2. The van der Waals surface area contributed by atoms with E-state index < -0.39 is 6.04 Å². The van der Waals surface area contributed by atoms with Gasteiger partial charge in [0.05, 0.1) is 19.6 Å². The minimum atomic E-state index is -0.436. The Kier molecular flexibility index (Phi) is 7.10. The molecular weight excluding hydrogens is 342 g/mol. The summed E-state index contributed by atoms with van der Waals surface area (Å²) in [7, 11) is 1.65. The molecule has 0 bridgehead atoms. The molecule has 0 radical (unpaired) electrons. The lowest BCUT2D eigenvalue weighted by Crippen LogP contribution is -2.56. The number of carbonyl (C=O) groups is 2. The lowest BCUT2D eigenvalue weighted by atomic mass is 10.0. The van der Waals surface area contributed by atoms with Crippen LogP contribution in [0.25, 0.3) is 0 Å². The van der Waals surface area contributed by atoms with E-state index in [1.807, 2.05) is 24.3 Å². The SMILES string of the molecule is COc1ccccc1CN1CCNC(=O)[C@@H]1CC(=O)NC1CCCCCC1. The van der Waals surface area contributed by atoms with Gasteiger partial charge in [0.25, 0.3) is 0 Å². The lowest BCUT2D eigenvalue weighted by Gasteiger charge is -2.35. The molecule has 1 aliphatic heterocycles. The number of nitrogens with one attached hydrogen (secondary N) is 2. The van der Waals surface area contributed by atoms with E-state index in [1.165, 1.54) is 25.7 Å². The summed E-state index contributed by atoms with van der Waals surface area (Å²) in [5.41, 5.74) is 1.03. The van der Waals surface area contributed by atoms with Crippen molar-refractivity contribution >= 4 is 11.8 Å². The van der Waals surface area contributed by atoms with E-state index in [-0.39, 0.29) is 24.3 Å². The summed E-state index contributed by atoms with van der Waals surface area (Å²) in [6.45, 7) is 1.93. The minimum Gasteiger partial charge on any atom is -0.496 e. The highest BCUT2D eigenvalue weighted by Gasteiger charge is 2.32. The average molecular weight is 373 g/mol. The number of piperazine rings is 1. The van der Waals surface area contributed by atoms with Crippen LogP contribution in [0.2, 0.25) is 0 Å². The van der Waals surface area contributed by atoms with Crippen molar-refractivity contribution in [3.63, 3.8) is 0 Å². The first-order valence-electron chi connectivity index (χ1n) is 10.1. The molecule has 2 aliphatic rings. The normalized spacial score (nSPS) is 22.0. The molecule has 0 aromatic heterocycles. The first kappa shape index (κ1) is 19.7. The number of ether oxygens (including phenoxy) is 1. The van der Waals surface area contributed by atoms with E-state index in [4.69, 9.17) is 4.74 Å². The van der Waals surface area contributed by atoms with Gasteiger partial charge in [-0.25, -0.2) is 0 Å². The van der Waals surface area contributed by atoms with Crippen LogP contribution in [0, 0.1) is 0 Å². The molecule has 2 fully saturated rings. The average Bonchev–Trinajstić information content (AvgIpc) is 2.93. The minimum absolute atomic E-state index is 0.0195. The summed E-state index contributed by atoms with van der Waals surface area (Å²) in [4.78, 5) is 27.2. The van der Waals surface area contributed by atoms with Crippen molar-refractivity contribution in [3.8, 4) is 5.75 Å². The van der Waals surface area contributed by atoms with Crippen molar-refractivity contribution in [2.24, 2.45) is 0 Å². The number of rotatable bonds is 6. The Morgan fingerprint density at radius 2 is 1.96 bits per heavy atom. The molecule has 6 heteroatoms. The molecule has 0 spiro atoms. The highest BCUT2D eigenvalue weighted by atomic mass is 16.5. The number of methoxy groups -OCH3 is 1. The fourth-order valence-electron chi connectivity index (χ4n) is 4.11. The molecule has 2 amide bonds. The highest BCUT2D eigenvalue weighted by molar-refractivity contribution is 5.88. The van der Waals surface area contributed by atoms with E-state index in [0.29, 0.717) is 13.1 Å². The third-order valence-electron chi connectivity index (χ3n) is 5.61. The Morgan fingerprint density at radius 3 is 2.70 bits per heavy atom. The fourth-order valence-corrected chi connectivity index (χ4v) is 4.11. The van der Waals surface area contributed by atoms with Crippen LogP contribution in [-0.2, 0) is 16.1 Å². The van der Waals surface area contributed by atoms with Crippen LogP contribution in [0.3, 0.4) is 0 Å². The number of amides is 2. The predicted octanol–water partition coefficient (Wildman–Crippen LogP) is 2.22. The molecule has 1 aromatic rings. The maximum Gasteiger partial charge on any atom is 0.237 e. The molecule has 1 aromatic carbocycles. The zero-order valence-electron chi connectivity index (χ0n) is 16.2. The maximum absolute atomic E-state index is 12.6. The van der Waals surface area contributed by atoms with Crippen LogP contribution in [0.4, 0.5) is 0 Å². The number of hydrogen-bond donors (Lipinski definition) is 2. The van der Waals surface area contributed by atoms with Crippen LogP contribution < -0.4 is 15.4 Å². The Balaban J connectivity index is 1.63. The Hall–Kier alpha value is -2.08. The van der Waals surface area contributed by atoms with Crippen molar-refractivity contribution in [3.05, 3.63) is 29.8 Å². The van der Waals surface area contributed by atoms with Gasteiger partial charge in [0.15, 0.2) is 0 Å². The van der Waals surface area contributed by atoms with Crippen LogP contribution in [0.1, 0.15) is 50.5 Å². The van der Waals surface area contributed by atoms with Gasteiger partial charge in [-0.2, -0.15) is 0 Å². The number of para-hydroxylation sites is 1. The predicted molar refractivity (Wildman–Crippen MR) is 104 cm³/mol. The second kappa shape index (κ2) is 9.74. The third kappa shape index (κ3) is 5.45. The van der Waals surface area contributed by atoms with Gasteiger partial charge in [-0.3, -0.25) is 14.5 Å². The molecule has 27 heavy (non-hydrogen) atoms. The smallest absolute Gasteiger partial charge is 0.237 e. The zero-order chi connectivity index (χ0) is 19.1. The Bertz CT molecular complexity index is 641. The van der Waals surface area contributed by atoms with Crippen molar-refractivity contribution < 1.29 is 14.3 Å². The highest BCUT2D eigenvalue weighted by Crippen LogP contribution is 2.22. The van der Waals surface area contributed by atoms with Gasteiger partial charge in [-0.1, -0.05) is 43.9 Å². The second-order valence-electron chi connectivity index (χ2n) is 7.55. The third-order valence-corrected chi connectivity index (χ3v) is 5.61. The van der Waals surface area contributed by atoms with Crippen LogP contribution >= 0.6 is 0 Å². The monoisotopic (exact) mass is 373 g/mol. The Morgan fingerprint density at radius 1 is 1.22 bits per heavy atom. The van der Waals surface area contributed by atoms with Gasteiger partial charge in [-0.05, 0) is 18.9 Å². The molecular formula is C21H31N3O3. The molecule has 1 atom stereocenters. The van der Waals surface area contributed by atoms with Crippen molar-refractivity contribution in [1.29, 1.82) is 0 Å². The summed E-state index contributed by atoms with van der Waals surface area (Å²) < 4.78 is 5.44. The Labute approximate surface area is 161 Å². The standard InChI is InChI=1S/C21H31N3O3/c1-27-19-11-7-6-8-16(19)15-24-13-12-22-21(26)18(24)14-20(25)23-17-9-4-2-3-5-10-17/h6-8,11,17-18H,2-5,9-10,12-15H2,1H3,(H,22,26)(H,23,25)/t18-/m0/s1. The van der Waals surface area contributed by atoms with Crippen molar-refractivity contribution in [2.75, 3.05) is 20.2 Å². The second-order valence-corrected chi connectivity index (χ2v) is 7.55. The molecule has 148 valence electrons. The van der Waals surface area contributed by atoms with Crippen LogP contribution in [-0.4, -0.2) is 49.0 Å². The summed E-state index contributed by atoms with van der Waals surface area (Å²) in [5, 5.41) is 6.07. The van der Waals surface area contributed by atoms with Gasteiger partial charge in [0.2, 0.25) is 11.8 Å². The number of nitrogens with zero attached hydrogens (tertiary/aromatic N) is 1. The molecule has 1 heterocycles. The molecule has 3 rings (SSSR count). The summed E-state index contributed by atoms with van der Waals surface area (Å²) >= 11 is 0. The van der Waals surface area contributed by atoms with Gasteiger partial charge in [0, 0.05) is 31.2 Å². The number of benzene rings is 1. The summed E-state index contributed by atoms with van der Waals surface area (Å²) in [6.07, 6.45) is 7.16. The largest absolute Gasteiger partial charge is 0.496 e. The fraction of sp³-hybridized carbons (Fsp3) is 0.619. The van der Waals surface area contributed by atoms with Crippen LogP contribution in [0.15, 0.2) is 24.3 Å². The van der Waals surface area contributed by atoms with Crippen molar-refractivity contribution in [1.82, 2.24) is 15.5 Å². The number of carbonyl (C=O) groups excluding carboxylic acids is 2. The van der Waals surface area contributed by atoms with Gasteiger partial charge >= 0.3 is 0 Å². The molecule has 1 aliphatic carbocycles. The molecule has 0 unspecified atom stereocenters. The maximum atomic E-state index is 12.6. The lowest BCUT2D eigenvalue weighted by molar-refractivity contribution is -0.134. The molecule has 1 saturated heterocycles. The molecule has 1 saturated carbocycles. The molecule has 2 N–H and O–H groups in total. The van der Waals surface area contributed by atoms with E-state index in [0.717, 1.165) is 30.7 Å². The topological polar surface area (TPSA) is 70.7 Å². The van der Waals surface area contributed by atoms with E-state index in [1.54, 1.807) is 7.11 Å². The first-order chi connectivity index (χ1) is 13.2. The molecule has 6 nitrogen and oxygen atoms in total. The van der Waals surface area contributed by atoms with Crippen molar-refractivity contribution in [2.45, 2.75) is 63.6 Å². The van der Waals surface area contributed by atoms with Crippen LogP contribution in [0.5, 0.6) is 5.75 Å². The van der Waals surface area contributed by atoms with E-state index >= 15 is 0 Å². The van der Waals surface area contributed by atoms with Gasteiger partial charge in [0.1, 0.15) is 5.75 Å². The summed E-state index contributed by atoms with van der Waals surface area (Å²) in [5.74, 6) is 0.728. The summed E-state index contributed by atoms with van der Waals surface area (Å²) in [6, 6.07) is 7.66. The first-order valence-corrected chi connectivity index (χ1v) is 10.1. The van der Waals surface area contributed by atoms with Gasteiger partial charge < -0.3 is 15.4 Å².